The molecule has 0 fully saturated rings. The lowest BCUT2D eigenvalue weighted by atomic mass is 9.87. The number of aryl methyl sites for hydroxylation is 1. The van der Waals surface area contributed by atoms with Crippen LogP contribution < -0.4 is 16.4 Å². The molecule has 2 aromatic rings. The molecule has 1 aliphatic heterocycles. The lowest BCUT2D eigenvalue weighted by Crippen LogP contribution is -2.43. The van der Waals surface area contributed by atoms with Gasteiger partial charge in [0.2, 0.25) is 5.91 Å². The first-order valence-corrected chi connectivity index (χ1v) is 10.4. The van der Waals surface area contributed by atoms with Gasteiger partial charge < -0.3 is 21.3 Å². The Morgan fingerprint density at radius 3 is 2.76 bits per heavy atom. The lowest BCUT2D eigenvalue weighted by molar-refractivity contribution is -0.121. The van der Waals surface area contributed by atoms with Crippen molar-refractivity contribution in [1.29, 1.82) is 0 Å². The predicted octanol–water partition coefficient (Wildman–Crippen LogP) is 2.92. The highest BCUT2D eigenvalue weighted by atomic mass is 16.2. The van der Waals surface area contributed by atoms with E-state index in [-0.39, 0.29) is 24.4 Å². The molecule has 6 heteroatoms. The number of fused-ring (bicyclic) bond motifs is 2. The van der Waals surface area contributed by atoms with E-state index in [9.17, 15) is 9.59 Å². The number of carbonyl (C=O) groups excluding carboxylic acids is 2. The molecule has 2 aromatic carbocycles. The number of nitrogens with zero attached hydrogens (tertiary/aromatic N) is 1. The fraction of sp³-hybridized carbons (Fsp3) is 0.391. The van der Waals surface area contributed by atoms with Crippen LogP contribution in [-0.4, -0.2) is 29.9 Å². The number of hydrogen-bond acceptors (Lipinski definition) is 3. The molecule has 2 aliphatic rings. The highest BCUT2D eigenvalue weighted by molar-refractivity contribution is 5.79. The van der Waals surface area contributed by atoms with Crippen molar-refractivity contribution in [3.05, 3.63) is 64.7 Å². The van der Waals surface area contributed by atoms with Crippen LogP contribution in [0.25, 0.3) is 0 Å². The molecule has 152 valence electrons. The molecule has 1 aliphatic carbocycles. The number of amides is 3. The van der Waals surface area contributed by atoms with Gasteiger partial charge >= 0.3 is 6.03 Å². The smallest absolute Gasteiger partial charge is 0.317 e. The Kier molecular flexibility index (Phi) is 5.69. The topological polar surface area (TPSA) is 87.5 Å². The summed E-state index contributed by atoms with van der Waals surface area (Å²) in [5, 5.41) is 6.00. The average molecular weight is 393 g/mol. The maximum Gasteiger partial charge on any atom is 0.317 e. The Morgan fingerprint density at radius 1 is 1.07 bits per heavy atom. The van der Waals surface area contributed by atoms with Crippen LogP contribution in [0, 0.1) is 0 Å². The summed E-state index contributed by atoms with van der Waals surface area (Å²) in [5.74, 6) is -0.0380. The van der Waals surface area contributed by atoms with E-state index in [1.54, 1.807) is 0 Å². The average Bonchev–Trinajstić information content (AvgIpc) is 2.73. The molecule has 29 heavy (non-hydrogen) atoms. The summed E-state index contributed by atoms with van der Waals surface area (Å²) in [5.41, 5.74) is 11.5. The minimum Gasteiger partial charge on any atom is -0.399 e. The first kappa shape index (κ1) is 19.3. The van der Waals surface area contributed by atoms with Crippen molar-refractivity contribution in [3.63, 3.8) is 0 Å². The molecule has 1 atom stereocenters. The number of anilines is 1. The summed E-state index contributed by atoms with van der Waals surface area (Å²) in [4.78, 5) is 26.7. The van der Waals surface area contributed by atoms with Crippen molar-refractivity contribution in [3.8, 4) is 0 Å². The zero-order valence-corrected chi connectivity index (χ0v) is 16.6. The number of rotatable bonds is 4. The first-order chi connectivity index (χ1) is 14.1. The monoisotopic (exact) mass is 392 g/mol. The molecule has 0 radical (unpaired) electrons. The second-order valence-corrected chi connectivity index (χ2v) is 7.89. The van der Waals surface area contributed by atoms with Crippen molar-refractivity contribution in [2.45, 2.75) is 44.7 Å². The number of benzene rings is 2. The Labute approximate surface area is 171 Å². The Bertz CT molecular complexity index is 912. The van der Waals surface area contributed by atoms with Gasteiger partial charge in [0.05, 0.1) is 6.04 Å². The standard InChI is InChI=1S/C23H28N4O2/c24-19-8-9-20-17(14-19)6-3-7-21(20)26-22(28)10-12-25-23(29)27-13-11-16-4-1-2-5-18(16)15-27/h1-2,4-5,8-9,14,21H,3,6-7,10-13,15,24H2,(H,25,29)(H,26,28). The number of carbonyl (C=O) groups is 2. The predicted molar refractivity (Wildman–Crippen MR) is 113 cm³/mol. The summed E-state index contributed by atoms with van der Waals surface area (Å²) in [7, 11) is 0. The highest BCUT2D eigenvalue weighted by Gasteiger charge is 2.23. The van der Waals surface area contributed by atoms with E-state index in [4.69, 9.17) is 5.73 Å². The Morgan fingerprint density at radius 2 is 1.90 bits per heavy atom. The van der Waals surface area contributed by atoms with Gasteiger partial charge in [-0.1, -0.05) is 30.3 Å². The zero-order chi connectivity index (χ0) is 20.2. The Hall–Kier alpha value is -3.02. The van der Waals surface area contributed by atoms with Gasteiger partial charge in [-0.05, 0) is 60.1 Å². The number of nitrogen functional groups attached to an aromatic ring is 1. The first-order valence-electron chi connectivity index (χ1n) is 10.4. The van der Waals surface area contributed by atoms with Crippen LogP contribution in [-0.2, 0) is 24.2 Å². The van der Waals surface area contributed by atoms with Crippen molar-refractivity contribution in [1.82, 2.24) is 15.5 Å². The van der Waals surface area contributed by atoms with Gasteiger partial charge in [-0.25, -0.2) is 4.79 Å². The van der Waals surface area contributed by atoms with Crippen molar-refractivity contribution < 1.29 is 9.59 Å². The molecule has 1 heterocycles. The third kappa shape index (κ3) is 4.53. The molecular weight excluding hydrogens is 364 g/mol. The van der Waals surface area contributed by atoms with Gasteiger partial charge in [-0.2, -0.15) is 0 Å². The number of hydrogen-bond donors (Lipinski definition) is 3. The molecule has 4 rings (SSSR count). The fourth-order valence-corrected chi connectivity index (χ4v) is 4.31. The normalized spacial score (nSPS) is 17.8. The summed E-state index contributed by atoms with van der Waals surface area (Å²) >= 11 is 0. The van der Waals surface area contributed by atoms with Crippen LogP contribution >= 0.6 is 0 Å². The second kappa shape index (κ2) is 8.55. The SMILES string of the molecule is Nc1ccc2c(c1)CCCC2NC(=O)CCNC(=O)N1CCc2ccccc2C1. The van der Waals surface area contributed by atoms with E-state index in [1.165, 1.54) is 16.7 Å². The van der Waals surface area contributed by atoms with E-state index in [1.807, 2.05) is 35.2 Å². The maximum absolute atomic E-state index is 12.4. The van der Waals surface area contributed by atoms with E-state index in [0.717, 1.165) is 36.9 Å². The van der Waals surface area contributed by atoms with Gasteiger partial charge in [-0.3, -0.25) is 4.79 Å². The molecule has 1 unspecified atom stereocenters. The van der Waals surface area contributed by atoms with Gasteiger partial charge in [-0.15, -0.1) is 0 Å². The summed E-state index contributed by atoms with van der Waals surface area (Å²) in [6, 6.07) is 14.1. The summed E-state index contributed by atoms with van der Waals surface area (Å²) < 4.78 is 0. The van der Waals surface area contributed by atoms with E-state index in [2.05, 4.69) is 22.8 Å². The summed E-state index contributed by atoms with van der Waals surface area (Å²) in [6.45, 7) is 1.66. The molecular formula is C23H28N4O2. The fourth-order valence-electron chi connectivity index (χ4n) is 4.31. The van der Waals surface area contributed by atoms with Crippen LogP contribution in [0.3, 0.4) is 0 Å². The third-order valence-electron chi connectivity index (χ3n) is 5.86. The van der Waals surface area contributed by atoms with Crippen LogP contribution in [0.5, 0.6) is 0 Å². The van der Waals surface area contributed by atoms with Gasteiger partial charge in [0.1, 0.15) is 0 Å². The van der Waals surface area contributed by atoms with Crippen LogP contribution in [0.15, 0.2) is 42.5 Å². The third-order valence-corrected chi connectivity index (χ3v) is 5.86. The number of urea groups is 1. The largest absolute Gasteiger partial charge is 0.399 e. The molecule has 3 amide bonds. The second-order valence-electron chi connectivity index (χ2n) is 7.89. The minimum absolute atomic E-state index is 0.0288. The molecule has 4 N–H and O–H groups in total. The van der Waals surface area contributed by atoms with Crippen molar-refractivity contribution >= 4 is 17.6 Å². The summed E-state index contributed by atoms with van der Waals surface area (Å²) in [6.07, 6.45) is 4.12. The maximum atomic E-state index is 12.4. The van der Waals surface area contributed by atoms with Crippen molar-refractivity contribution in [2.24, 2.45) is 0 Å². The quantitative estimate of drug-likeness (QED) is 0.699. The highest BCUT2D eigenvalue weighted by Crippen LogP contribution is 2.31. The van der Waals surface area contributed by atoms with Crippen LogP contribution in [0.1, 0.15) is 47.6 Å². The van der Waals surface area contributed by atoms with E-state index in [0.29, 0.717) is 19.6 Å². The van der Waals surface area contributed by atoms with Gasteiger partial charge in [0.15, 0.2) is 0 Å². The van der Waals surface area contributed by atoms with Gasteiger partial charge in [0, 0.05) is 31.7 Å². The van der Waals surface area contributed by atoms with Gasteiger partial charge in [0.25, 0.3) is 0 Å². The van der Waals surface area contributed by atoms with E-state index >= 15 is 0 Å². The number of nitrogens with two attached hydrogens (primary N) is 1. The Balaban J connectivity index is 1.24. The van der Waals surface area contributed by atoms with Crippen LogP contribution in [0.2, 0.25) is 0 Å². The molecule has 0 spiro atoms. The molecule has 0 saturated heterocycles. The molecule has 6 nitrogen and oxygen atoms in total. The molecule has 0 aromatic heterocycles. The minimum atomic E-state index is -0.106. The van der Waals surface area contributed by atoms with Crippen molar-refractivity contribution in [2.75, 3.05) is 18.8 Å². The molecule has 0 saturated carbocycles. The van der Waals surface area contributed by atoms with Crippen LogP contribution in [0.4, 0.5) is 10.5 Å². The molecule has 0 bridgehead atoms. The van der Waals surface area contributed by atoms with E-state index < -0.39 is 0 Å². The number of nitrogens with one attached hydrogen (secondary N) is 2. The zero-order valence-electron chi connectivity index (χ0n) is 16.6. The lowest BCUT2D eigenvalue weighted by Gasteiger charge is -2.29.